The fraction of sp³-hybridized carbons (Fsp3) is 0.438. The minimum Gasteiger partial charge on any atom is -0.854 e. The van der Waals surface area contributed by atoms with Crippen molar-refractivity contribution in [3.63, 3.8) is 0 Å². The Morgan fingerprint density at radius 1 is 0.595 bits per heavy atom. The van der Waals surface area contributed by atoms with Gasteiger partial charge in [0, 0.05) is 11.6 Å². The van der Waals surface area contributed by atoms with Gasteiger partial charge in [0.15, 0.2) is 0 Å². The number of carbonyl (C=O) groups is 4. The largest absolute Gasteiger partial charge is 4.00 e. The van der Waals surface area contributed by atoms with Crippen molar-refractivity contribution in [1.29, 1.82) is 0 Å². The van der Waals surface area contributed by atoms with Crippen LogP contribution in [0.3, 0.4) is 0 Å². The molecule has 2 aromatic rings. The Balaban J connectivity index is -0.000000230. The van der Waals surface area contributed by atoms with E-state index < -0.39 is 0 Å². The molecule has 0 heterocycles. The van der Waals surface area contributed by atoms with Gasteiger partial charge in [0.05, 0.1) is 11.6 Å². The monoisotopic (exact) mass is 770 g/mol. The molecule has 42 heavy (non-hydrogen) atoms. The minimum atomic E-state index is -0.233. The number of hydrogen-bond donors (Lipinski definition) is 0. The average Bonchev–Trinajstić information content (AvgIpc) is 2.96. The molecule has 0 atom stereocenters. The molecule has 0 saturated heterocycles. The fourth-order valence-electron chi connectivity index (χ4n) is 3.08. The van der Waals surface area contributed by atoms with Crippen molar-refractivity contribution in [3.8, 4) is 0 Å². The van der Waals surface area contributed by atoms with Gasteiger partial charge >= 0.3 is 25.8 Å². The van der Waals surface area contributed by atoms with Crippen LogP contribution < -0.4 is 10.2 Å². The van der Waals surface area contributed by atoms with Crippen molar-refractivity contribution in [2.24, 2.45) is 0 Å². The first-order valence-electron chi connectivity index (χ1n) is 13.6. The second kappa shape index (κ2) is 31.8. The Morgan fingerprint density at radius 3 is 1.02 bits per heavy atom. The Kier molecular flexibility index (Phi) is 35.4. The molecule has 2 aromatic carbocycles. The van der Waals surface area contributed by atoms with Gasteiger partial charge in [-0.05, 0) is 53.1 Å². The van der Waals surface area contributed by atoms with E-state index in [-0.39, 0.29) is 74.6 Å². The third-order valence-electron chi connectivity index (χ3n) is 5.39. The summed E-state index contributed by atoms with van der Waals surface area (Å²) in [5, 5.41) is 20.0. The van der Waals surface area contributed by atoms with E-state index in [0.717, 1.165) is 39.0 Å². The number of ketones is 4. The van der Waals surface area contributed by atoms with Crippen LogP contribution in [-0.2, 0) is 35.4 Å². The summed E-state index contributed by atoms with van der Waals surface area (Å²) >= 11 is 0. The molecule has 0 fully saturated rings. The number of hydrogen-bond acceptors (Lipinski definition) is 8. The maximum Gasteiger partial charge on any atom is 4.00 e. The molecule has 0 bridgehead atoms. The molecule has 0 aromatic heterocycles. The van der Waals surface area contributed by atoms with Crippen molar-refractivity contribution in [3.05, 3.63) is 84.6 Å². The fourth-order valence-corrected chi connectivity index (χ4v) is 3.08. The van der Waals surface area contributed by atoms with E-state index in [2.05, 4.69) is 37.5 Å². The Morgan fingerprint density at radius 2 is 0.857 bits per heavy atom. The third-order valence-corrected chi connectivity index (χ3v) is 5.39. The van der Waals surface area contributed by atoms with Crippen molar-refractivity contribution >= 4 is 35.5 Å². The van der Waals surface area contributed by atoms with E-state index in [1.807, 2.05) is 12.1 Å². The van der Waals surface area contributed by atoms with Crippen LogP contribution in [0.1, 0.15) is 62.3 Å². The Labute approximate surface area is 278 Å². The van der Waals surface area contributed by atoms with Crippen LogP contribution in [0.5, 0.6) is 0 Å². The molecule has 0 aliphatic rings. The van der Waals surface area contributed by atoms with Crippen LogP contribution in [0.25, 0.3) is 0 Å². The maximum atomic E-state index is 11.2. The van der Waals surface area contributed by atoms with Crippen LogP contribution >= 0.6 is 12.4 Å². The van der Waals surface area contributed by atoms with Crippen LogP contribution in [-0.4, -0.2) is 85.4 Å². The molecule has 0 unspecified atom stereocenters. The summed E-state index contributed by atoms with van der Waals surface area (Å²) in [6.45, 7) is 16.5. The smallest absolute Gasteiger partial charge is 0.854 e. The van der Waals surface area contributed by atoms with Crippen LogP contribution in [0.4, 0.5) is 0 Å². The number of carbonyl (C=O) groups excluding carboxylic acids is 4. The van der Waals surface area contributed by atoms with Gasteiger partial charge in [0.1, 0.15) is 0 Å². The van der Waals surface area contributed by atoms with Gasteiger partial charge in [-0.15, -0.1) is 73.9 Å². The molecule has 2 rings (SSSR count). The summed E-state index contributed by atoms with van der Waals surface area (Å²) in [6, 6.07) is 17.4. The minimum absolute atomic E-state index is 0. The predicted molar refractivity (Wildman–Crippen MR) is 164 cm³/mol. The first-order chi connectivity index (χ1) is 19.1. The predicted octanol–water partition coefficient (Wildman–Crippen LogP) is 3.12. The Bertz CT molecular complexity index is 863. The molecule has 8 nitrogen and oxygen atoms in total. The van der Waals surface area contributed by atoms with Crippen molar-refractivity contribution in [2.75, 3.05) is 52.5 Å². The topological polar surface area (TPSA) is 121 Å². The summed E-state index contributed by atoms with van der Waals surface area (Å²) in [4.78, 5) is 47.7. The Hall–Kier alpha value is -2.14. The summed E-state index contributed by atoms with van der Waals surface area (Å²) in [6.07, 6.45) is 2.19. The molecule has 232 valence electrons. The molecular formula is C32H47ClHfN2O6. The van der Waals surface area contributed by atoms with E-state index in [4.69, 9.17) is 0 Å². The average molecular weight is 770 g/mol. The number of halogens is 1. The molecule has 0 aliphatic carbocycles. The van der Waals surface area contributed by atoms with Gasteiger partial charge in [-0.25, -0.2) is 0 Å². The van der Waals surface area contributed by atoms with Crippen LogP contribution in [0, 0.1) is 12.8 Å². The van der Waals surface area contributed by atoms with Gasteiger partial charge in [0.25, 0.3) is 0 Å². The second-order valence-corrected chi connectivity index (χ2v) is 8.43. The van der Waals surface area contributed by atoms with Crippen LogP contribution in [0.2, 0.25) is 0 Å². The van der Waals surface area contributed by atoms with Gasteiger partial charge < -0.3 is 39.2 Å². The SMILES string of the molecule is CC(=O)[CH-]C(=O)c1ccccc1.CC(=O)[CH-]C(=O)c1ccccc1.CCN(CC)CC[O-].CCN(CC)CC[O-].Cl.[Hf+4]. The number of rotatable bonds is 14. The molecular weight excluding hydrogens is 722 g/mol. The zero-order valence-corrected chi connectivity index (χ0v) is 30.2. The second-order valence-electron chi connectivity index (χ2n) is 8.43. The van der Waals surface area contributed by atoms with Gasteiger partial charge in [0.2, 0.25) is 0 Å². The van der Waals surface area contributed by atoms with Crippen molar-refractivity contribution < 1.29 is 55.2 Å². The summed E-state index contributed by atoms with van der Waals surface area (Å²) in [5.41, 5.74) is 1.10. The zero-order valence-electron chi connectivity index (χ0n) is 25.8. The standard InChI is InChI=1S/2C10H9O2.2C6H14NO.ClH.Hf/c2*1-8(11)7-10(12)9-5-3-2-4-6-9;2*1-3-7(4-2)5-6-8;;/h2*2-7H,1H3;2*3-6H2,1-2H3;1H;/q4*-1;;+4. The van der Waals surface area contributed by atoms with Crippen molar-refractivity contribution in [2.45, 2.75) is 41.5 Å². The molecule has 0 radical (unpaired) electrons. The van der Waals surface area contributed by atoms with Crippen molar-refractivity contribution in [1.82, 2.24) is 9.80 Å². The van der Waals surface area contributed by atoms with Gasteiger partial charge in [-0.2, -0.15) is 0 Å². The molecule has 0 saturated carbocycles. The molecule has 0 aliphatic heterocycles. The molecule has 0 N–H and O–H groups in total. The molecule has 0 spiro atoms. The van der Waals surface area contributed by atoms with E-state index in [9.17, 15) is 29.4 Å². The number of benzene rings is 2. The van der Waals surface area contributed by atoms with Crippen LogP contribution in [0.15, 0.2) is 60.7 Å². The molecule has 10 heteroatoms. The van der Waals surface area contributed by atoms with E-state index in [1.54, 1.807) is 48.5 Å². The van der Waals surface area contributed by atoms with E-state index in [0.29, 0.717) is 24.2 Å². The maximum absolute atomic E-state index is 11.2. The first kappa shape index (κ1) is 46.8. The first-order valence-corrected chi connectivity index (χ1v) is 13.6. The van der Waals surface area contributed by atoms with Gasteiger partial charge in [-0.1, -0.05) is 64.1 Å². The molecule has 0 amide bonds. The third kappa shape index (κ3) is 26.7. The summed E-state index contributed by atoms with van der Waals surface area (Å²) in [5.74, 6) is -0.904. The summed E-state index contributed by atoms with van der Waals surface area (Å²) < 4.78 is 0. The zero-order chi connectivity index (χ0) is 30.8. The van der Waals surface area contributed by atoms with Gasteiger partial charge in [-0.3, -0.25) is 0 Å². The van der Waals surface area contributed by atoms with E-state index >= 15 is 0 Å². The van der Waals surface area contributed by atoms with E-state index in [1.165, 1.54) is 13.8 Å². The normalized spacial score (nSPS) is 9.19. The number of likely N-dealkylation sites (N-methyl/N-ethyl adjacent to an activating group) is 2. The quantitative estimate of drug-likeness (QED) is 0.125. The summed E-state index contributed by atoms with van der Waals surface area (Å²) in [7, 11) is 0. The number of nitrogens with zero attached hydrogens (tertiary/aromatic N) is 2. The number of Topliss-reactive ketones (excluding diaryl/α,β-unsaturated/α-hetero) is 4.